The Labute approximate surface area is 279 Å². The normalized spacial score (nSPS) is 15.1. The van der Waals surface area contributed by atoms with Crippen LogP contribution in [-0.2, 0) is 4.79 Å². The number of aryl methyl sites for hydroxylation is 1. The van der Waals surface area contributed by atoms with Crippen molar-refractivity contribution in [1.82, 2.24) is 24.4 Å². The van der Waals surface area contributed by atoms with Crippen molar-refractivity contribution in [2.75, 3.05) is 24.5 Å². The van der Waals surface area contributed by atoms with Crippen LogP contribution in [0.1, 0.15) is 49.1 Å². The highest BCUT2D eigenvalue weighted by molar-refractivity contribution is 6.33. The van der Waals surface area contributed by atoms with E-state index in [1.165, 1.54) is 6.08 Å². The monoisotopic (exact) mass is 644 g/mol. The highest BCUT2D eigenvalue weighted by Gasteiger charge is 2.30. The summed E-state index contributed by atoms with van der Waals surface area (Å²) in [6.45, 7) is 13.2. The maximum atomic E-state index is 14.2. The largest absolute Gasteiger partial charge is 0.355 e. The van der Waals surface area contributed by atoms with Gasteiger partial charge >= 0.3 is 5.69 Å². The predicted octanol–water partition coefficient (Wildman–Crippen LogP) is 7.32. The molecule has 9 heteroatoms. The second-order valence-corrected chi connectivity index (χ2v) is 12.6. The Hall–Kier alpha value is -5.08. The number of amides is 1. The zero-order valence-electron chi connectivity index (χ0n) is 27.0. The minimum Gasteiger partial charge on any atom is -0.350 e. The second-order valence-electron chi connectivity index (χ2n) is 12.2. The molecule has 1 aliphatic heterocycles. The lowest BCUT2D eigenvalue weighted by molar-refractivity contribution is -0.126. The van der Waals surface area contributed by atoms with Gasteiger partial charge in [-0.15, -0.1) is 0 Å². The van der Waals surface area contributed by atoms with Gasteiger partial charge in [-0.25, -0.2) is 14.3 Å². The molecule has 0 saturated carbocycles. The molecular weight excluding hydrogens is 608 g/mol. The van der Waals surface area contributed by atoms with Gasteiger partial charge in [0.2, 0.25) is 5.91 Å². The molecule has 5 aromatic rings. The van der Waals surface area contributed by atoms with Gasteiger partial charge in [0, 0.05) is 37.4 Å². The first-order valence-electron chi connectivity index (χ1n) is 15.8. The molecule has 47 heavy (non-hydrogen) atoms. The average Bonchev–Trinajstić information content (AvgIpc) is 3.07. The van der Waals surface area contributed by atoms with E-state index in [1.54, 1.807) is 15.7 Å². The first kappa shape index (κ1) is 31.9. The summed E-state index contributed by atoms with van der Waals surface area (Å²) in [5.41, 5.74) is 5.79. The molecule has 0 bridgehead atoms. The number of hydrogen-bond acceptors (Lipinski definition) is 6. The molecule has 0 aliphatic carbocycles. The fraction of sp³-hybridized carbons (Fsp3) is 0.237. The number of rotatable bonds is 7. The number of carbonyl (C=O) groups excluding carboxylic acids is 1. The number of anilines is 1. The zero-order chi connectivity index (χ0) is 33.2. The molecule has 0 N–H and O–H groups in total. The Morgan fingerprint density at radius 1 is 1.00 bits per heavy atom. The predicted molar refractivity (Wildman–Crippen MR) is 191 cm³/mol. The maximum absolute atomic E-state index is 14.2. The Morgan fingerprint density at radius 3 is 2.47 bits per heavy atom. The van der Waals surface area contributed by atoms with Crippen LogP contribution in [-0.4, -0.2) is 56.0 Å². The van der Waals surface area contributed by atoms with E-state index in [4.69, 9.17) is 16.6 Å². The van der Waals surface area contributed by atoms with Gasteiger partial charge < -0.3 is 9.80 Å². The third-order valence-corrected chi connectivity index (χ3v) is 8.83. The van der Waals surface area contributed by atoms with Crippen molar-refractivity contribution < 1.29 is 4.79 Å². The van der Waals surface area contributed by atoms with Gasteiger partial charge in [0.05, 0.1) is 27.5 Å². The number of hydrogen-bond donors (Lipinski definition) is 0. The van der Waals surface area contributed by atoms with Crippen LogP contribution in [0.5, 0.6) is 0 Å². The molecule has 8 nitrogen and oxygen atoms in total. The van der Waals surface area contributed by atoms with Crippen molar-refractivity contribution in [3.63, 3.8) is 0 Å². The molecule has 0 spiro atoms. The van der Waals surface area contributed by atoms with Crippen molar-refractivity contribution in [1.29, 1.82) is 0 Å². The van der Waals surface area contributed by atoms with Gasteiger partial charge in [0.15, 0.2) is 5.65 Å². The van der Waals surface area contributed by atoms with Gasteiger partial charge in [-0.2, -0.15) is 4.98 Å². The topological polar surface area (TPSA) is 84.2 Å². The van der Waals surface area contributed by atoms with Gasteiger partial charge in [0.1, 0.15) is 5.82 Å². The lowest BCUT2D eigenvalue weighted by atomic mass is 10.0. The molecule has 4 heterocycles. The number of fused-ring (bicyclic) bond motifs is 1. The van der Waals surface area contributed by atoms with Crippen molar-refractivity contribution in [2.24, 2.45) is 0 Å². The van der Waals surface area contributed by atoms with E-state index in [1.807, 2.05) is 68.4 Å². The van der Waals surface area contributed by atoms with E-state index >= 15 is 0 Å². The number of pyridine rings is 2. The lowest BCUT2D eigenvalue weighted by Gasteiger charge is -2.40. The van der Waals surface area contributed by atoms with Crippen LogP contribution in [0.15, 0.2) is 90.4 Å². The fourth-order valence-corrected chi connectivity index (χ4v) is 6.42. The summed E-state index contributed by atoms with van der Waals surface area (Å²) in [5.74, 6) is 0.419. The molecule has 1 fully saturated rings. The van der Waals surface area contributed by atoms with Crippen LogP contribution >= 0.6 is 11.6 Å². The summed E-state index contributed by atoms with van der Waals surface area (Å²) in [6.07, 6.45) is 7.21. The van der Waals surface area contributed by atoms with Crippen LogP contribution in [0, 0.1) is 6.92 Å². The van der Waals surface area contributed by atoms with E-state index in [2.05, 4.69) is 59.6 Å². The Bertz CT molecular complexity index is 2070. The number of aromatic nitrogens is 4. The molecule has 1 saturated heterocycles. The third kappa shape index (κ3) is 6.33. The summed E-state index contributed by atoms with van der Waals surface area (Å²) in [4.78, 5) is 44.9. The molecule has 2 aromatic carbocycles. The molecule has 6 rings (SSSR count). The van der Waals surface area contributed by atoms with Crippen LogP contribution in [0.2, 0.25) is 5.02 Å². The lowest BCUT2D eigenvalue weighted by Crippen LogP contribution is -2.54. The summed E-state index contributed by atoms with van der Waals surface area (Å²) in [7, 11) is 0. The first-order chi connectivity index (χ1) is 22.7. The number of carbonyl (C=O) groups is 1. The van der Waals surface area contributed by atoms with Crippen molar-refractivity contribution >= 4 is 46.5 Å². The van der Waals surface area contributed by atoms with Crippen LogP contribution in [0.3, 0.4) is 0 Å². The SMILES string of the molecule is C=CC(=O)N1CCN(c2nc(=O)n(-c3c(C)ccnc3C(C)C)c3nc(-c4cccc(C=Cc5ccccc5)c4)c(Cl)cc23)[C@@H](C)C1. The number of piperazine rings is 1. The van der Waals surface area contributed by atoms with E-state index < -0.39 is 5.69 Å². The number of halogens is 1. The summed E-state index contributed by atoms with van der Waals surface area (Å²) >= 11 is 7.05. The number of nitrogens with zero attached hydrogens (tertiary/aromatic N) is 6. The highest BCUT2D eigenvalue weighted by Crippen LogP contribution is 2.36. The third-order valence-electron chi connectivity index (χ3n) is 8.54. The van der Waals surface area contributed by atoms with E-state index in [9.17, 15) is 9.59 Å². The molecule has 0 radical (unpaired) electrons. The number of benzene rings is 2. The maximum Gasteiger partial charge on any atom is 0.355 e. The Morgan fingerprint density at radius 2 is 1.74 bits per heavy atom. The molecule has 238 valence electrons. The molecule has 0 unspecified atom stereocenters. The second kappa shape index (κ2) is 13.3. The van der Waals surface area contributed by atoms with E-state index in [-0.39, 0.29) is 17.9 Å². The van der Waals surface area contributed by atoms with Gasteiger partial charge in [-0.3, -0.25) is 9.78 Å². The summed E-state index contributed by atoms with van der Waals surface area (Å²) < 4.78 is 1.58. The standard InChI is InChI=1S/C38H37ClN6O2/c1-6-32(46)43-19-20-44(26(5)23-43)36-30-22-31(39)34(29-14-10-13-28(21-29)16-15-27-11-8-7-9-12-27)41-37(30)45(38(47)42-36)35-25(4)17-18-40-33(35)24(2)3/h6-18,21-22,24,26H,1,19-20,23H2,2-5H3/t26-/m0/s1. The summed E-state index contributed by atoms with van der Waals surface area (Å²) in [5, 5.41) is 1.09. The first-order valence-corrected chi connectivity index (χ1v) is 16.1. The molecule has 1 amide bonds. The average molecular weight is 645 g/mol. The fourth-order valence-electron chi connectivity index (χ4n) is 6.16. The molecule has 3 aromatic heterocycles. The van der Waals surface area contributed by atoms with Gasteiger partial charge in [-0.05, 0) is 60.7 Å². The molecule has 1 atom stereocenters. The smallest absolute Gasteiger partial charge is 0.350 e. The molecular formula is C38H37ClN6O2. The van der Waals surface area contributed by atoms with Crippen LogP contribution in [0.25, 0.3) is 40.1 Å². The van der Waals surface area contributed by atoms with Gasteiger partial charge in [0.25, 0.3) is 0 Å². The zero-order valence-corrected chi connectivity index (χ0v) is 27.8. The van der Waals surface area contributed by atoms with Crippen molar-refractivity contribution in [3.8, 4) is 16.9 Å². The van der Waals surface area contributed by atoms with Crippen LogP contribution < -0.4 is 10.6 Å². The highest BCUT2D eigenvalue weighted by atomic mass is 35.5. The van der Waals surface area contributed by atoms with Crippen molar-refractivity contribution in [2.45, 2.75) is 39.7 Å². The quantitative estimate of drug-likeness (QED) is 0.136. The van der Waals surface area contributed by atoms with Gasteiger partial charge in [-0.1, -0.05) is 92.7 Å². The van der Waals surface area contributed by atoms with Crippen molar-refractivity contribution in [3.05, 3.63) is 123 Å². The minimum atomic E-state index is -0.456. The van der Waals surface area contributed by atoms with E-state index in [0.29, 0.717) is 52.9 Å². The Balaban J connectivity index is 1.55. The van der Waals surface area contributed by atoms with E-state index in [0.717, 1.165) is 27.9 Å². The Kier molecular flexibility index (Phi) is 9.05. The molecule has 1 aliphatic rings. The summed E-state index contributed by atoms with van der Waals surface area (Å²) in [6, 6.07) is 21.8. The van der Waals surface area contributed by atoms with Crippen LogP contribution in [0.4, 0.5) is 5.82 Å². The minimum absolute atomic E-state index is 0.0434.